The van der Waals surface area contributed by atoms with E-state index in [0.717, 1.165) is 38.0 Å². The van der Waals surface area contributed by atoms with E-state index in [1.165, 1.54) is 17.7 Å². The van der Waals surface area contributed by atoms with Gasteiger partial charge in [-0.2, -0.15) is 0 Å². The molecule has 0 spiro atoms. The van der Waals surface area contributed by atoms with Crippen molar-refractivity contribution in [2.45, 2.75) is 38.3 Å². The number of likely N-dealkylation sites (tertiary alicyclic amines) is 1. The van der Waals surface area contributed by atoms with E-state index < -0.39 is 6.61 Å². The second kappa shape index (κ2) is 9.80. The monoisotopic (exact) mass is 384 g/mol. The minimum absolute atomic E-state index is 0.105. The Morgan fingerprint density at radius 1 is 1.14 bits per heavy atom. The summed E-state index contributed by atoms with van der Waals surface area (Å²) in [6, 6.07) is 16.8. The number of carbonyl (C=O) groups excluding carboxylic acids is 1. The normalized spacial score (nSPS) is 16.7. The predicted molar refractivity (Wildman–Crippen MR) is 108 cm³/mol. The molecule has 1 amide bonds. The van der Waals surface area contributed by atoms with Gasteiger partial charge in [-0.15, -0.1) is 0 Å². The van der Waals surface area contributed by atoms with E-state index in [-0.39, 0.29) is 17.8 Å². The first-order valence-corrected chi connectivity index (χ1v) is 9.99. The summed E-state index contributed by atoms with van der Waals surface area (Å²) in [6.45, 7) is 5.03. The minimum Gasteiger partial charge on any atom is -0.387 e. The van der Waals surface area contributed by atoms with Crippen LogP contribution in [0.25, 0.3) is 0 Å². The van der Waals surface area contributed by atoms with E-state index in [1.54, 1.807) is 17.0 Å². The molecule has 1 atom stereocenters. The van der Waals surface area contributed by atoms with Gasteiger partial charge in [0, 0.05) is 32.2 Å². The van der Waals surface area contributed by atoms with Gasteiger partial charge in [0.2, 0.25) is 5.91 Å². The van der Waals surface area contributed by atoms with E-state index in [1.807, 2.05) is 6.07 Å². The van der Waals surface area contributed by atoms with E-state index in [2.05, 4.69) is 36.1 Å². The van der Waals surface area contributed by atoms with E-state index in [0.29, 0.717) is 12.5 Å². The molecule has 2 aromatic rings. The SMILES string of the molecule is CC(CN1CCC(N(Cc2ccc(F)cc2)C(=O)CO)CC1)c1ccccc1. The van der Waals surface area contributed by atoms with Gasteiger partial charge in [0.15, 0.2) is 0 Å². The van der Waals surface area contributed by atoms with Crippen LogP contribution < -0.4 is 0 Å². The molecule has 1 unspecified atom stereocenters. The molecule has 0 aromatic heterocycles. The number of hydrogen-bond donors (Lipinski definition) is 1. The third-order valence-electron chi connectivity index (χ3n) is 5.62. The Morgan fingerprint density at radius 2 is 1.79 bits per heavy atom. The standard InChI is InChI=1S/C23H29FN2O2/c1-18(20-5-3-2-4-6-20)15-25-13-11-22(12-14-25)26(23(28)17-27)16-19-7-9-21(24)10-8-19/h2-10,18,22,27H,11-17H2,1H3. The molecule has 2 aromatic carbocycles. The number of aliphatic hydroxyl groups excluding tert-OH is 1. The lowest BCUT2D eigenvalue weighted by Crippen LogP contribution is -2.48. The predicted octanol–water partition coefficient (Wildman–Crippen LogP) is 3.41. The molecule has 3 rings (SSSR count). The molecule has 28 heavy (non-hydrogen) atoms. The molecule has 0 aliphatic carbocycles. The first-order chi connectivity index (χ1) is 13.6. The Hall–Kier alpha value is -2.24. The van der Waals surface area contributed by atoms with Gasteiger partial charge in [-0.25, -0.2) is 4.39 Å². The number of halogens is 1. The Labute approximate surface area is 166 Å². The van der Waals surface area contributed by atoms with Gasteiger partial charge in [0.05, 0.1) is 0 Å². The Kier molecular flexibility index (Phi) is 7.18. The summed E-state index contributed by atoms with van der Waals surface area (Å²) < 4.78 is 13.1. The number of rotatable bonds is 7. The molecular formula is C23H29FN2O2. The summed E-state index contributed by atoms with van der Waals surface area (Å²) >= 11 is 0. The average Bonchev–Trinajstić information content (AvgIpc) is 2.74. The van der Waals surface area contributed by atoms with Crippen molar-refractivity contribution in [2.75, 3.05) is 26.2 Å². The lowest BCUT2D eigenvalue weighted by Gasteiger charge is -2.39. The van der Waals surface area contributed by atoms with Crippen molar-refractivity contribution in [3.63, 3.8) is 0 Å². The molecule has 1 aliphatic rings. The fourth-order valence-electron chi connectivity index (χ4n) is 3.99. The highest BCUT2D eigenvalue weighted by Crippen LogP contribution is 2.23. The lowest BCUT2D eigenvalue weighted by atomic mass is 9.97. The highest BCUT2D eigenvalue weighted by molar-refractivity contribution is 5.77. The van der Waals surface area contributed by atoms with Gasteiger partial charge >= 0.3 is 0 Å². The van der Waals surface area contributed by atoms with Crippen molar-refractivity contribution in [2.24, 2.45) is 0 Å². The quantitative estimate of drug-likeness (QED) is 0.796. The van der Waals surface area contributed by atoms with Gasteiger partial charge in [-0.1, -0.05) is 49.4 Å². The molecular weight excluding hydrogens is 355 g/mol. The number of benzene rings is 2. The smallest absolute Gasteiger partial charge is 0.248 e. The van der Waals surface area contributed by atoms with Gasteiger partial charge in [0.1, 0.15) is 12.4 Å². The molecule has 150 valence electrons. The fourth-order valence-corrected chi connectivity index (χ4v) is 3.99. The molecule has 1 heterocycles. The summed E-state index contributed by atoms with van der Waals surface area (Å²) in [4.78, 5) is 16.5. The highest BCUT2D eigenvalue weighted by Gasteiger charge is 2.28. The van der Waals surface area contributed by atoms with E-state index in [4.69, 9.17) is 0 Å². The molecule has 0 saturated carbocycles. The highest BCUT2D eigenvalue weighted by atomic mass is 19.1. The largest absolute Gasteiger partial charge is 0.387 e. The van der Waals surface area contributed by atoms with Crippen LogP contribution in [-0.2, 0) is 11.3 Å². The van der Waals surface area contributed by atoms with Gasteiger partial charge in [-0.3, -0.25) is 4.79 Å². The number of hydrogen-bond acceptors (Lipinski definition) is 3. The zero-order valence-electron chi connectivity index (χ0n) is 16.4. The molecule has 0 radical (unpaired) electrons. The van der Waals surface area contributed by atoms with Crippen molar-refractivity contribution >= 4 is 5.91 Å². The third kappa shape index (κ3) is 5.40. The van der Waals surface area contributed by atoms with Crippen molar-refractivity contribution in [1.29, 1.82) is 0 Å². The van der Waals surface area contributed by atoms with Crippen LogP contribution in [0.4, 0.5) is 4.39 Å². The molecule has 1 aliphatic heterocycles. The summed E-state index contributed by atoms with van der Waals surface area (Å²) in [7, 11) is 0. The molecule has 1 saturated heterocycles. The van der Waals surface area contributed by atoms with Crippen LogP contribution in [0.2, 0.25) is 0 Å². The van der Waals surface area contributed by atoms with E-state index >= 15 is 0 Å². The Bertz CT molecular complexity index is 743. The number of carbonyl (C=O) groups is 1. The summed E-state index contributed by atoms with van der Waals surface area (Å²) in [5, 5.41) is 9.39. The summed E-state index contributed by atoms with van der Waals surface area (Å²) in [5.74, 6) is -0.0859. The number of aliphatic hydroxyl groups is 1. The van der Waals surface area contributed by atoms with E-state index in [9.17, 15) is 14.3 Å². The van der Waals surface area contributed by atoms with Crippen molar-refractivity contribution in [3.05, 3.63) is 71.5 Å². The van der Waals surface area contributed by atoms with Crippen LogP contribution in [0.1, 0.15) is 36.8 Å². The van der Waals surface area contributed by atoms with Crippen LogP contribution in [-0.4, -0.2) is 53.1 Å². The molecule has 0 bridgehead atoms. The molecule has 1 N–H and O–H groups in total. The van der Waals surface area contributed by atoms with Crippen LogP contribution in [0.15, 0.2) is 54.6 Å². The third-order valence-corrected chi connectivity index (χ3v) is 5.62. The first kappa shape index (κ1) is 20.5. The average molecular weight is 384 g/mol. The van der Waals surface area contributed by atoms with Crippen LogP contribution >= 0.6 is 0 Å². The molecule has 5 heteroatoms. The lowest BCUT2D eigenvalue weighted by molar-refractivity contribution is -0.138. The Morgan fingerprint density at radius 3 is 2.39 bits per heavy atom. The maximum absolute atomic E-state index is 13.1. The summed E-state index contributed by atoms with van der Waals surface area (Å²) in [6.07, 6.45) is 1.77. The van der Waals surface area contributed by atoms with Gasteiger partial charge < -0.3 is 14.9 Å². The first-order valence-electron chi connectivity index (χ1n) is 9.99. The zero-order chi connectivity index (χ0) is 19.9. The second-order valence-corrected chi connectivity index (χ2v) is 7.65. The fraction of sp³-hybridized carbons (Fsp3) is 0.435. The summed E-state index contributed by atoms with van der Waals surface area (Å²) in [5.41, 5.74) is 2.22. The van der Waals surface area contributed by atoms with Gasteiger partial charge in [-0.05, 0) is 42.0 Å². The minimum atomic E-state index is -0.494. The maximum atomic E-state index is 13.1. The van der Waals surface area contributed by atoms with Crippen molar-refractivity contribution in [3.8, 4) is 0 Å². The molecule has 4 nitrogen and oxygen atoms in total. The Balaban J connectivity index is 1.57. The van der Waals surface area contributed by atoms with Gasteiger partial charge in [0.25, 0.3) is 0 Å². The van der Waals surface area contributed by atoms with Crippen LogP contribution in [0, 0.1) is 5.82 Å². The van der Waals surface area contributed by atoms with Crippen molar-refractivity contribution in [1.82, 2.24) is 9.80 Å². The second-order valence-electron chi connectivity index (χ2n) is 7.65. The maximum Gasteiger partial charge on any atom is 0.248 e. The number of piperidine rings is 1. The van der Waals surface area contributed by atoms with Crippen LogP contribution in [0.3, 0.4) is 0 Å². The number of nitrogens with zero attached hydrogens (tertiary/aromatic N) is 2. The zero-order valence-corrected chi connectivity index (χ0v) is 16.4. The topological polar surface area (TPSA) is 43.8 Å². The van der Waals surface area contributed by atoms with Crippen molar-refractivity contribution < 1.29 is 14.3 Å². The number of amides is 1. The molecule has 1 fully saturated rings. The van der Waals surface area contributed by atoms with Crippen LogP contribution in [0.5, 0.6) is 0 Å².